The average Bonchev–Trinajstić information content (AvgIpc) is 2.46. The molecule has 108 valence electrons. The van der Waals surface area contributed by atoms with E-state index in [2.05, 4.69) is 0 Å². The molecule has 1 aromatic rings. The van der Waals surface area contributed by atoms with E-state index in [0.29, 0.717) is 18.7 Å². The first-order valence-electron chi connectivity index (χ1n) is 6.85. The van der Waals surface area contributed by atoms with Crippen LogP contribution in [0, 0.1) is 5.92 Å². The molecule has 1 fully saturated rings. The maximum atomic E-state index is 12.4. The summed E-state index contributed by atoms with van der Waals surface area (Å²) in [4.78, 5) is 27.4. The number of primary amides is 1. The van der Waals surface area contributed by atoms with E-state index < -0.39 is 0 Å². The van der Waals surface area contributed by atoms with Gasteiger partial charge in [0.15, 0.2) is 0 Å². The van der Waals surface area contributed by atoms with E-state index in [0.717, 1.165) is 18.5 Å². The summed E-state index contributed by atoms with van der Waals surface area (Å²) in [6.45, 7) is 1.13. The van der Waals surface area contributed by atoms with Crippen LogP contribution in [0.25, 0.3) is 0 Å². The topological polar surface area (TPSA) is 66.6 Å². The lowest BCUT2D eigenvalue weighted by Gasteiger charge is -2.31. The Bertz CT molecular complexity index is 496. The van der Waals surface area contributed by atoms with Crippen LogP contribution >= 0.6 is 0 Å². The molecule has 2 amide bonds. The van der Waals surface area contributed by atoms with Crippen LogP contribution in [0.1, 0.15) is 23.2 Å². The van der Waals surface area contributed by atoms with Crippen LogP contribution in [-0.4, -0.2) is 43.9 Å². The molecule has 1 unspecified atom stereocenters. The van der Waals surface area contributed by atoms with Crippen molar-refractivity contribution >= 4 is 17.5 Å². The SMILES string of the molecule is CN(C)c1ccc(C(=O)N2CCCC(C(N)=O)C2)cc1. The Kier molecular flexibility index (Phi) is 4.27. The molecule has 0 radical (unpaired) electrons. The number of anilines is 1. The number of amides is 2. The summed E-state index contributed by atoms with van der Waals surface area (Å²) >= 11 is 0. The molecule has 5 heteroatoms. The molecule has 2 rings (SSSR count). The Morgan fingerprint density at radius 2 is 1.90 bits per heavy atom. The number of benzene rings is 1. The summed E-state index contributed by atoms with van der Waals surface area (Å²) in [5.74, 6) is -0.555. The van der Waals surface area contributed by atoms with E-state index in [1.807, 2.05) is 43.3 Å². The third kappa shape index (κ3) is 3.10. The van der Waals surface area contributed by atoms with Gasteiger partial charge in [-0.25, -0.2) is 0 Å². The predicted molar refractivity (Wildman–Crippen MR) is 78.6 cm³/mol. The summed E-state index contributed by atoms with van der Waals surface area (Å²) in [6, 6.07) is 7.49. The zero-order valence-corrected chi connectivity index (χ0v) is 12.0. The highest BCUT2D eigenvalue weighted by Crippen LogP contribution is 2.19. The van der Waals surface area contributed by atoms with Gasteiger partial charge in [0, 0.05) is 38.4 Å². The summed E-state index contributed by atoms with van der Waals surface area (Å²) in [5.41, 5.74) is 7.04. The fourth-order valence-corrected chi connectivity index (χ4v) is 2.48. The molecule has 1 aliphatic heterocycles. The van der Waals surface area contributed by atoms with Crippen LogP contribution in [0.5, 0.6) is 0 Å². The van der Waals surface area contributed by atoms with Gasteiger partial charge in [-0.05, 0) is 37.1 Å². The molecule has 1 saturated heterocycles. The van der Waals surface area contributed by atoms with Gasteiger partial charge >= 0.3 is 0 Å². The van der Waals surface area contributed by atoms with Gasteiger partial charge in [-0.1, -0.05) is 0 Å². The fraction of sp³-hybridized carbons (Fsp3) is 0.467. The second kappa shape index (κ2) is 5.94. The molecule has 0 spiro atoms. The molecule has 1 aliphatic rings. The zero-order chi connectivity index (χ0) is 14.7. The first kappa shape index (κ1) is 14.4. The van der Waals surface area contributed by atoms with Crippen LogP contribution < -0.4 is 10.6 Å². The van der Waals surface area contributed by atoms with Crippen molar-refractivity contribution in [1.82, 2.24) is 4.90 Å². The van der Waals surface area contributed by atoms with E-state index in [-0.39, 0.29) is 17.7 Å². The van der Waals surface area contributed by atoms with E-state index >= 15 is 0 Å². The Balaban J connectivity index is 2.08. The minimum Gasteiger partial charge on any atom is -0.378 e. The van der Waals surface area contributed by atoms with Crippen molar-refractivity contribution in [3.05, 3.63) is 29.8 Å². The van der Waals surface area contributed by atoms with Crippen molar-refractivity contribution < 1.29 is 9.59 Å². The van der Waals surface area contributed by atoms with Crippen molar-refractivity contribution in [3.63, 3.8) is 0 Å². The molecule has 1 aromatic carbocycles. The summed E-state index contributed by atoms with van der Waals surface area (Å²) in [7, 11) is 3.91. The lowest BCUT2D eigenvalue weighted by molar-refractivity contribution is -0.123. The molecule has 0 saturated carbocycles. The standard InChI is InChI=1S/C15H21N3O2/c1-17(2)13-7-5-11(6-8-13)15(20)18-9-3-4-12(10-18)14(16)19/h5-8,12H,3-4,9-10H2,1-2H3,(H2,16,19). The van der Waals surface area contributed by atoms with E-state index in [1.165, 1.54) is 0 Å². The number of piperidine rings is 1. The van der Waals surface area contributed by atoms with Gasteiger partial charge in [-0.2, -0.15) is 0 Å². The first-order chi connectivity index (χ1) is 9.49. The molecule has 5 nitrogen and oxygen atoms in total. The van der Waals surface area contributed by atoms with Gasteiger partial charge in [0.25, 0.3) is 5.91 Å². The zero-order valence-electron chi connectivity index (χ0n) is 12.0. The molecule has 2 N–H and O–H groups in total. The number of carbonyl (C=O) groups is 2. The number of carbonyl (C=O) groups excluding carboxylic acids is 2. The smallest absolute Gasteiger partial charge is 0.253 e. The lowest BCUT2D eigenvalue weighted by atomic mass is 9.97. The Hall–Kier alpha value is -2.04. The Morgan fingerprint density at radius 1 is 1.25 bits per heavy atom. The summed E-state index contributed by atoms with van der Waals surface area (Å²) < 4.78 is 0. The normalized spacial score (nSPS) is 18.7. The minimum atomic E-state index is -0.314. The van der Waals surface area contributed by atoms with Crippen LogP contribution in [0.2, 0.25) is 0 Å². The van der Waals surface area contributed by atoms with E-state index in [9.17, 15) is 9.59 Å². The number of hydrogen-bond acceptors (Lipinski definition) is 3. The summed E-state index contributed by atoms with van der Waals surface area (Å²) in [5, 5.41) is 0. The average molecular weight is 275 g/mol. The molecular formula is C15H21N3O2. The third-order valence-corrected chi connectivity index (χ3v) is 3.74. The Labute approximate surface area is 119 Å². The molecule has 1 atom stereocenters. The van der Waals surface area contributed by atoms with Gasteiger partial charge in [-0.3, -0.25) is 9.59 Å². The molecule has 0 bridgehead atoms. The van der Waals surface area contributed by atoms with Crippen molar-refractivity contribution in [3.8, 4) is 0 Å². The molecule has 0 aliphatic carbocycles. The molecule has 1 heterocycles. The van der Waals surface area contributed by atoms with E-state index in [4.69, 9.17) is 5.73 Å². The maximum Gasteiger partial charge on any atom is 0.253 e. The predicted octanol–water partition coefficient (Wildman–Crippen LogP) is 1.09. The summed E-state index contributed by atoms with van der Waals surface area (Å²) in [6.07, 6.45) is 1.60. The van der Waals surface area contributed by atoms with Crippen LogP contribution in [0.4, 0.5) is 5.69 Å². The fourth-order valence-electron chi connectivity index (χ4n) is 2.48. The quantitative estimate of drug-likeness (QED) is 0.898. The van der Waals surface area contributed by atoms with Crippen molar-refractivity contribution in [2.24, 2.45) is 11.7 Å². The minimum absolute atomic E-state index is 0.0266. The van der Waals surface area contributed by atoms with Crippen molar-refractivity contribution in [2.45, 2.75) is 12.8 Å². The van der Waals surface area contributed by atoms with Crippen LogP contribution in [0.3, 0.4) is 0 Å². The molecular weight excluding hydrogens is 254 g/mol. The number of nitrogens with zero attached hydrogens (tertiary/aromatic N) is 2. The maximum absolute atomic E-state index is 12.4. The number of likely N-dealkylation sites (tertiary alicyclic amines) is 1. The number of nitrogens with two attached hydrogens (primary N) is 1. The Morgan fingerprint density at radius 3 is 2.45 bits per heavy atom. The number of hydrogen-bond donors (Lipinski definition) is 1. The second-order valence-corrected chi connectivity index (χ2v) is 5.43. The van der Waals surface area contributed by atoms with Gasteiger partial charge < -0.3 is 15.5 Å². The number of rotatable bonds is 3. The van der Waals surface area contributed by atoms with Gasteiger partial charge in [0.05, 0.1) is 5.92 Å². The van der Waals surface area contributed by atoms with Gasteiger partial charge in [0.1, 0.15) is 0 Å². The van der Waals surface area contributed by atoms with Gasteiger partial charge in [-0.15, -0.1) is 0 Å². The van der Waals surface area contributed by atoms with Crippen LogP contribution in [0.15, 0.2) is 24.3 Å². The van der Waals surface area contributed by atoms with Crippen molar-refractivity contribution in [1.29, 1.82) is 0 Å². The van der Waals surface area contributed by atoms with Crippen molar-refractivity contribution in [2.75, 3.05) is 32.1 Å². The lowest BCUT2D eigenvalue weighted by Crippen LogP contribution is -2.44. The van der Waals surface area contributed by atoms with Crippen LogP contribution in [-0.2, 0) is 4.79 Å². The van der Waals surface area contributed by atoms with E-state index in [1.54, 1.807) is 4.90 Å². The third-order valence-electron chi connectivity index (χ3n) is 3.74. The first-order valence-corrected chi connectivity index (χ1v) is 6.85. The molecule has 20 heavy (non-hydrogen) atoms. The largest absolute Gasteiger partial charge is 0.378 e. The van der Waals surface area contributed by atoms with Gasteiger partial charge in [0.2, 0.25) is 5.91 Å². The second-order valence-electron chi connectivity index (χ2n) is 5.43. The highest BCUT2D eigenvalue weighted by atomic mass is 16.2. The monoisotopic (exact) mass is 275 g/mol. The molecule has 0 aromatic heterocycles. The highest BCUT2D eigenvalue weighted by molar-refractivity contribution is 5.95. The highest BCUT2D eigenvalue weighted by Gasteiger charge is 2.27.